The van der Waals surface area contributed by atoms with E-state index in [1.807, 2.05) is 0 Å². The van der Waals surface area contributed by atoms with Crippen molar-refractivity contribution in [3.05, 3.63) is 0 Å². The van der Waals surface area contributed by atoms with Gasteiger partial charge in [-0.05, 0) is 54.0 Å². The lowest BCUT2D eigenvalue weighted by molar-refractivity contribution is 0.0301. The molecule has 0 saturated heterocycles. The van der Waals surface area contributed by atoms with Crippen LogP contribution < -0.4 is 5.73 Å². The van der Waals surface area contributed by atoms with Gasteiger partial charge >= 0.3 is 0 Å². The quantitative estimate of drug-likeness (QED) is 0.660. The van der Waals surface area contributed by atoms with E-state index in [1.165, 1.54) is 0 Å². The molecule has 0 amide bonds. The number of hydrogen-bond acceptors (Lipinski definition) is 3. The molecular weight excluding hydrogens is 200 g/mol. The lowest BCUT2D eigenvalue weighted by Gasteiger charge is -2.30. The zero-order chi connectivity index (χ0) is 12.6. The average Bonchev–Trinajstić information content (AvgIpc) is 2.20. The maximum atomic E-state index is 5.78. The lowest BCUT2D eigenvalue weighted by Crippen LogP contribution is -2.39. The van der Waals surface area contributed by atoms with Crippen LogP contribution in [0.25, 0.3) is 0 Å². The van der Waals surface area contributed by atoms with Crippen molar-refractivity contribution in [1.82, 2.24) is 4.90 Å². The van der Waals surface area contributed by atoms with Crippen molar-refractivity contribution in [2.45, 2.75) is 65.6 Å². The van der Waals surface area contributed by atoms with Crippen molar-refractivity contribution < 1.29 is 4.74 Å². The van der Waals surface area contributed by atoms with Crippen LogP contribution >= 0.6 is 0 Å². The van der Waals surface area contributed by atoms with E-state index in [0.29, 0.717) is 18.2 Å². The van der Waals surface area contributed by atoms with Gasteiger partial charge in [0.05, 0.1) is 12.7 Å². The second-order valence-electron chi connectivity index (χ2n) is 5.04. The summed E-state index contributed by atoms with van der Waals surface area (Å²) in [5.74, 6) is 0. The van der Waals surface area contributed by atoms with Gasteiger partial charge in [-0.2, -0.15) is 0 Å². The number of ether oxygens (including phenoxy) is 1. The van der Waals surface area contributed by atoms with E-state index >= 15 is 0 Å². The molecule has 0 aliphatic rings. The molecule has 0 aliphatic carbocycles. The largest absolute Gasteiger partial charge is 0.377 e. The Morgan fingerprint density at radius 2 is 1.62 bits per heavy atom. The first kappa shape index (κ1) is 15.9. The van der Waals surface area contributed by atoms with E-state index in [-0.39, 0.29) is 0 Å². The van der Waals surface area contributed by atoms with Gasteiger partial charge in [-0.25, -0.2) is 0 Å². The summed E-state index contributed by atoms with van der Waals surface area (Å²) in [7, 11) is 0. The fraction of sp³-hybridized carbons (Fsp3) is 1.00. The molecule has 0 fully saturated rings. The molecule has 0 aromatic heterocycles. The highest BCUT2D eigenvalue weighted by molar-refractivity contribution is 4.67. The van der Waals surface area contributed by atoms with E-state index in [2.05, 4.69) is 39.5 Å². The van der Waals surface area contributed by atoms with Crippen LogP contribution in [0, 0.1) is 0 Å². The van der Waals surface area contributed by atoms with Crippen LogP contribution in [-0.2, 0) is 4.74 Å². The Balaban J connectivity index is 3.69. The highest BCUT2D eigenvalue weighted by Crippen LogP contribution is 2.06. The summed E-state index contributed by atoms with van der Waals surface area (Å²) >= 11 is 0. The predicted octanol–water partition coefficient (Wildman–Crippen LogP) is 2.25. The zero-order valence-electron chi connectivity index (χ0n) is 11.7. The molecule has 3 nitrogen and oxygen atoms in total. The fourth-order valence-corrected chi connectivity index (χ4v) is 1.96. The molecule has 0 saturated carbocycles. The summed E-state index contributed by atoms with van der Waals surface area (Å²) in [6, 6.07) is 1.17. The average molecular weight is 230 g/mol. The first-order valence-electron chi connectivity index (χ1n) is 6.56. The molecule has 0 heterocycles. The third-order valence-electron chi connectivity index (χ3n) is 2.89. The number of rotatable bonds is 9. The minimum absolute atomic E-state index is 0.338. The molecule has 16 heavy (non-hydrogen) atoms. The molecule has 1 unspecified atom stereocenters. The van der Waals surface area contributed by atoms with Gasteiger partial charge in [0.15, 0.2) is 0 Å². The minimum atomic E-state index is 0.338. The Morgan fingerprint density at radius 1 is 1.06 bits per heavy atom. The minimum Gasteiger partial charge on any atom is -0.377 e. The molecular formula is C13H30N2O. The van der Waals surface area contributed by atoms with Gasteiger partial charge in [0.1, 0.15) is 0 Å². The van der Waals surface area contributed by atoms with Gasteiger partial charge < -0.3 is 10.5 Å². The summed E-state index contributed by atoms with van der Waals surface area (Å²) in [6.45, 7) is 13.7. The molecule has 0 aliphatic heterocycles. The Bertz CT molecular complexity index is 152. The third-order valence-corrected chi connectivity index (χ3v) is 2.89. The number of hydrogen-bond donors (Lipinski definition) is 1. The van der Waals surface area contributed by atoms with Crippen LogP contribution in [0.15, 0.2) is 0 Å². The Hall–Kier alpha value is -0.120. The van der Waals surface area contributed by atoms with Crippen LogP contribution in [-0.4, -0.2) is 42.8 Å². The fourth-order valence-electron chi connectivity index (χ4n) is 1.96. The van der Waals surface area contributed by atoms with Crippen LogP contribution in [0.3, 0.4) is 0 Å². The van der Waals surface area contributed by atoms with Crippen molar-refractivity contribution in [2.75, 3.05) is 19.7 Å². The SMILES string of the molecule is CC(CCCN)OCCN(C(C)C)C(C)C. The molecule has 0 rings (SSSR count). The lowest BCUT2D eigenvalue weighted by atomic mass is 10.2. The third kappa shape index (κ3) is 7.20. The van der Waals surface area contributed by atoms with Crippen LogP contribution in [0.1, 0.15) is 47.5 Å². The standard InChI is InChI=1S/C13H30N2O/c1-11(2)15(12(3)4)9-10-16-13(5)7-6-8-14/h11-13H,6-10,14H2,1-5H3. The maximum Gasteiger partial charge on any atom is 0.0597 e. The zero-order valence-corrected chi connectivity index (χ0v) is 11.7. The topological polar surface area (TPSA) is 38.5 Å². The molecule has 3 heteroatoms. The number of nitrogens with two attached hydrogens (primary N) is 1. The van der Waals surface area contributed by atoms with Gasteiger partial charge in [0, 0.05) is 18.6 Å². The molecule has 0 aromatic rings. The monoisotopic (exact) mass is 230 g/mol. The summed E-state index contributed by atoms with van der Waals surface area (Å²) in [5.41, 5.74) is 5.47. The van der Waals surface area contributed by atoms with E-state index in [9.17, 15) is 0 Å². The van der Waals surface area contributed by atoms with Gasteiger partial charge in [-0.15, -0.1) is 0 Å². The van der Waals surface area contributed by atoms with E-state index in [1.54, 1.807) is 0 Å². The molecule has 98 valence electrons. The predicted molar refractivity (Wildman–Crippen MR) is 70.7 cm³/mol. The molecule has 0 spiro atoms. The molecule has 1 atom stereocenters. The first-order chi connectivity index (χ1) is 7.49. The summed E-state index contributed by atoms with van der Waals surface area (Å²) < 4.78 is 5.78. The van der Waals surface area contributed by atoms with Crippen LogP contribution in [0.2, 0.25) is 0 Å². The van der Waals surface area contributed by atoms with Crippen molar-refractivity contribution >= 4 is 0 Å². The van der Waals surface area contributed by atoms with E-state index in [4.69, 9.17) is 10.5 Å². The van der Waals surface area contributed by atoms with Crippen molar-refractivity contribution in [3.8, 4) is 0 Å². The van der Waals surface area contributed by atoms with Gasteiger partial charge in [0.2, 0.25) is 0 Å². The Kier molecular flexibility index (Phi) is 8.90. The number of nitrogens with zero attached hydrogens (tertiary/aromatic N) is 1. The summed E-state index contributed by atoms with van der Waals surface area (Å²) in [4.78, 5) is 2.45. The smallest absolute Gasteiger partial charge is 0.0597 e. The van der Waals surface area contributed by atoms with Crippen molar-refractivity contribution in [2.24, 2.45) is 5.73 Å². The van der Waals surface area contributed by atoms with Crippen molar-refractivity contribution in [3.63, 3.8) is 0 Å². The maximum absolute atomic E-state index is 5.78. The first-order valence-corrected chi connectivity index (χ1v) is 6.56. The Morgan fingerprint density at radius 3 is 2.06 bits per heavy atom. The highest BCUT2D eigenvalue weighted by Gasteiger charge is 2.13. The highest BCUT2D eigenvalue weighted by atomic mass is 16.5. The van der Waals surface area contributed by atoms with Crippen molar-refractivity contribution in [1.29, 1.82) is 0 Å². The summed E-state index contributed by atoms with van der Waals surface area (Å²) in [6.07, 6.45) is 2.46. The van der Waals surface area contributed by atoms with Gasteiger partial charge in [-0.1, -0.05) is 0 Å². The molecule has 0 bridgehead atoms. The van der Waals surface area contributed by atoms with Crippen LogP contribution in [0.4, 0.5) is 0 Å². The Labute approximate surface area is 101 Å². The van der Waals surface area contributed by atoms with Gasteiger partial charge in [-0.3, -0.25) is 4.90 Å². The van der Waals surface area contributed by atoms with Gasteiger partial charge in [0.25, 0.3) is 0 Å². The molecule has 2 N–H and O–H groups in total. The second-order valence-corrected chi connectivity index (χ2v) is 5.04. The summed E-state index contributed by atoms with van der Waals surface area (Å²) in [5, 5.41) is 0. The van der Waals surface area contributed by atoms with Crippen LogP contribution in [0.5, 0.6) is 0 Å². The normalized spacial score (nSPS) is 14.1. The second kappa shape index (κ2) is 8.97. The van der Waals surface area contributed by atoms with E-state index < -0.39 is 0 Å². The van der Waals surface area contributed by atoms with E-state index in [0.717, 1.165) is 32.5 Å². The molecule has 0 aromatic carbocycles. The molecule has 0 radical (unpaired) electrons.